The average molecular weight is 464 g/mol. The Morgan fingerprint density at radius 2 is 1.18 bits per heavy atom. The number of aryl methyl sites for hydroxylation is 2. The van der Waals surface area contributed by atoms with E-state index in [2.05, 4.69) is 98.8 Å². The normalized spacial score (nSPS) is 9.68. The van der Waals surface area contributed by atoms with Crippen LogP contribution in [0.5, 0.6) is 0 Å². The van der Waals surface area contributed by atoms with Crippen LogP contribution >= 0.6 is 0 Å². The third-order valence-corrected chi connectivity index (χ3v) is 4.78. The summed E-state index contributed by atoms with van der Waals surface area (Å²) in [5.41, 5.74) is 6.72. The third kappa shape index (κ3) is 5.47. The smallest absolute Gasteiger partial charge is 1.00 e. The minimum Gasteiger partial charge on any atom is -1.00 e. The van der Waals surface area contributed by atoms with E-state index < -0.39 is 0 Å². The maximum Gasteiger partial charge on any atom is 4.00 e. The van der Waals surface area contributed by atoms with Crippen LogP contribution in [-0.2, 0) is 21.7 Å². The Morgan fingerprint density at radius 1 is 0.643 bits per heavy atom. The summed E-state index contributed by atoms with van der Waals surface area (Å²) < 4.78 is 0. The molecule has 4 aromatic carbocycles. The van der Waals surface area contributed by atoms with Gasteiger partial charge in [-0.1, -0.05) is 65.7 Å². The first-order valence-corrected chi connectivity index (χ1v) is 8.50. The molecule has 0 amide bonds. The fourth-order valence-corrected chi connectivity index (χ4v) is 3.68. The van der Waals surface area contributed by atoms with Crippen LogP contribution in [0.15, 0.2) is 84.9 Å². The first kappa shape index (κ1) is 26.9. The molecule has 0 spiro atoms. The van der Waals surface area contributed by atoms with Gasteiger partial charge in [0.05, 0.1) is 0 Å². The van der Waals surface area contributed by atoms with Crippen LogP contribution in [0.25, 0.3) is 10.8 Å². The number of hydrogen-bond acceptors (Lipinski definition) is 0. The molecular formula is C24H21Cl3Ti. The molecular weight excluding hydrogens is 442 g/mol. The topological polar surface area (TPSA) is 0 Å². The van der Waals surface area contributed by atoms with E-state index in [4.69, 9.17) is 0 Å². The maximum absolute atomic E-state index is 2.31. The average Bonchev–Trinajstić information content (AvgIpc) is 2.99. The first-order chi connectivity index (χ1) is 11.7. The van der Waals surface area contributed by atoms with Gasteiger partial charge in [-0.15, -0.1) is 40.6 Å². The van der Waals surface area contributed by atoms with Crippen molar-refractivity contribution in [1.29, 1.82) is 0 Å². The minimum absolute atomic E-state index is 0. The summed E-state index contributed by atoms with van der Waals surface area (Å²) in [6.45, 7) is 4.33. The van der Waals surface area contributed by atoms with Gasteiger partial charge in [0.25, 0.3) is 0 Å². The van der Waals surface area contributed by atoms with Crippen molar-refractivity contribution in [3.8, 4) is 0 Å². The molecule has 142 valence electrons. The van der Waals surface area contributed by atoms with Crippen LogP contribution in [0, 0.1) is 13.8 Å². The maximum atomic E-state index is 2.31. The second-order valence-electron chi connectivity index (χ2n) is 6.64. The molecule has 28 heavy (non-hydrogen) atoms. The van der Waals surface area contributed by atoms with Crippen LogP contribution in [0.3, 0.4) is 0 Å². The molecule has 0 heterocycles. The van der Waals surface area contributed by atoms with Crippen molar-refractivity contribution in [3.05, 3.63) is 113 Å². The monoisotopic (exact) mass is 462 g/mol. The van der Waals surface area contributed by atoms with Gasteiger partial charge < -0.3 is 37.2 Å². The molecule has 0 aliphatic carbocycles. The van der Waals surface area contributed by atoms with Gasteiger partial charge in [-0.25, -0.2) is 0 Å². The van der Waals surface area contributed by atoms with Crippen LogP contribution in [-0.4, -0.2) is 0 Å². The molecule has 4 rings (SSSR count). The Balaban J connectivity index is 0.00000182. The van der Waals surface area contributed by atoms with Crippen LogP contribution < -0.4 is 37.2 Å². The van der Waals surface area contributed by atoms with Crippen molar-refractivity contribution >= 4 is 10.8 Å². The summed E-state index contributed by atoms with van der Waals surface area (Å²) in [5.74, 6) is 0.268. The van der Waals surface area contributed by atoms with Crippen LogP contribution in [0.2, 0.25) is 0 Å². The SMILES string of the molecule is Cc1cccc(C(c2cccc(C)c2)[c-]2ccc3ccccc32)c1.[Cl-].[Cl-].[Cl-].[Ti+4]. The molecule has 0 saturated heterocycles. The summed E-state index contributed by atoms with van der Waals surface area (Å²) in [4.78, 5) is 0. The molecule has 0 aromatic heterocycles. The Morgan fingerprint density at radius 3 is 1.71 bits per heavy atom. The first-order valence-electron chi connectivity index (χ1n) is 8.50. The molecule has 0 bridgehead atoms. The van der Waals surface area contributed by atoms with E-state index in [1.165, 1.54) is 38.6 Å². The van der Waals surface area contributed by atoms with Crippen molar-refractivity contribution in [2.24, 2.45) is 0 Å². The van der Waals surface area contributed by atoms with Gasteiger partial charge >= 0.3 is 21.7 Å². The van der Waals surface area contributed by atoms with Crippen molar-refractivity contribution in [2.75, 3.05) is 0 Å². The molecule has 4 aromatic rings. The molecule has 0 fully saturated rings. The fourth-order valence-electron chi connectivity index (χ4n) is 3.68. The molecule has 0 aliphatic rings. The number of hydrogen-bond donors (Lipinski definition) is 0. The summed E-state index contributed by atoms with van der Waals surface area (Å²) >= 11 is 0. The Kier molecular flexibility index (Phi) is 11.3. The standard InChI is InChI=1S/C24H21.3ClH.Ti/c1-17-7-5-10-20(15-17)24(21-11-6-8-18(2)16-21)23-14-13-19-9-3-4-12-22(19)23;;;;/h3-16,24H,1-2H3;3*1H;/q-1;;;;+4/p-3. The predicted molar refractivity (Wildman–Crippen MR) is 103 cm³/mol. The Labute approximate surface area is 201 Å². The van der Waals surface area contributed by atoms with Gasteiger partial charge in [0.1, 0.15) is 0 Å². The zero-order valence-corrected chi connectivity index (χ0v) is 19.6. The van der Waals surface area contributed by atoms with Gasteiger partial charge in [-0.3, -0.25) is 0 Å². The van der Waals surface area contributed by atoms with E-state index in [9.17, 15) is 0 Å². The quantitative estimate of drug-likeness (QED) is 0.230. The third-order valence-electron chi connectivity index (χ3n) is 4.78. The number of halogens is 3. The van der Waals surface area contributed by atoms with Crippen LogP contribution in [0.1, 0.15) is 33.7 Å². The second kappa shape index (κ2) is 11.8. The minimum atomic E-state index is 0. The summed E-state index contributed by atoms with van der Waals surface area (Å²) in [7, 11) is 0. The fraction of sp³-hybridized carbons (Fsp3) is 0.125. The molecule has 0 unspecified atom stereocenters. The second-order valence-corrected chi connectivity index (χ2v) is 6.64. The number of benzene rings is 3. The summed E-state index contributed by atoms with van der Waals surface area (Å²) in [5, 5.41) is 2.67. The summed E-state index contributed by atoms with van der Waals surface area (Å²) in [6.07, 6.45) is 0. The van der Waals surface area contributed by atoms with Gasteiger partial charge in [0.15, 0.2) is 0 Å². The van der Waals surface area contributed by atoms with E-state index in [-0.39, 0.29) is 64.9 Å². The Bertz CT molecular complexity index is 962. The van der Waals surface area contributed by atoms with Crippen molar-refractivity contribution in [3.63, 3.8) is 0 Å². The molecule has 0 aliphatic heterocycles. The van der Waals surface area contributed by atoms with E-state index in [0.717, 1.165) is 0 Å². The van der Waals surface area contributed by atoms with E-state index in [1.54, 1.807) is 0 Å². The summed E-state index contributed by atoms with van der Waals surface area (Å²) in [6, 6.07) is 31.0. The molecule has 4 heteroatoms. The number of rotatable bonds is 3. The van der Waals surface area contributed by atoms with E-state index in [0.29, 0.717) is 0 Å². The van der Waals surface area contributed by atoms with Gasteiger partial charge in [0, 0.05) is 0 Å². The zero-order valence-electron chi connectivity index (χ0n) is 15.8. The van der Waals surface area contributed by atoms with Crippen LogP contribution in [0.4, 0.5) is 0 Å². The van der Waals surface area contributed by atoms with E-state index in [1.807, 2.05) is 0 Å². The zero-order chi connectivity index (χ0) is 16.5. The Hall–Kier alpha value is -1.15. The van der Waals surface area contributed by atoms with Gasteiger partial charge in [0.2, 0.25) is 0 Å². The van der Waals surface area contributed by atoms with Crippen molar-refractivity contribution in [1.82, 2.24) is 0 Å². The molecule has 0 N–H and O–H groups in total. The van der Waals surface area contributed by atoms with Gasteiger partial charge in [-0.05, 0) is 30.9 Å². The van der Waals surface area contributed by atoms with Crippen molar-refractivity contribution < 1.29 is 58.9 Å². The molecule has 0 radical (unpaired) electrons. The van der Waals surface area contributed by atoms with Gasteiger partial charge in [-0.2, -0.15) is 6.07 Å². The number of fused-ring (bicyclic) bond motifs is 1. The van der Waals surface area contributed by atoms with E-state index >= 15 is 0 Å². The largest absolute Gasteiger partial charge is 4.00 e. The van der Waals surface area contributed by atoms with Crippen molar-refractivity contribution in [2.45, 2.75) is 19.8 Å². The molecule has 0 saturated carbocycles. The molecule has 0 nitrogen and oxygen atoms in total. The molecule has 0 atom stereocenters. The predicted octanol–water partition coefficient (Wildman–Crippen LogP) is -2.63.